The molecule has 0 saturated carbocycles. The summed E-state index contributed by atoms with van der Waals surface area (Å²) in [6.07, 6.45) is 9.01. The normalized spacial score (nSPS) is 24.8. The van der Waals surface area contributed by atoms with Gasteiger partial charge in [0.1, 0.15) is 0 Å². The predicted molar refractivity (Wildman–Crippen MR) is 93.0 cm³/mol. The molecular weight excluding hydrogens is 326 g/mol. The van der Waals surface area contributed by atoms with Gasteiger partial charge in [-0.15, -0.1) is 5.10 Å². The Kier molecular flexibility index (Phi) is 5.89. The zero-order valence-corrected chi connectivity index (χ0v) is 15.4. The van der Waals surface area contributed by atoms with Crippen LogP contribution in [-0.4, -0.2) is 64.0 Å². The average Bonchev–Trinajstić information content (AvgIpc) is 3.26. The third-order valence-corrected chi connectivity index (χ3v) is 6.90. The fourth-order valence-corrected chi connectivity index (χ4v) is 5.38. The molecule has 136 valence electrons. The van der Waals surface area contributed by atoms with Crippen molar-refractivity contribution < 1.29 is 8.42 Å². The standard InChI is InChI=1S/C16H29N5O2S/c1-2-3-4-5-10-20-11-15(17-18-20)12-21-13-16(14-24(21,22)23)19-8-6-7-9-19/h11,16H,2-10,12-14H2,1H3. The van der Waals surface area contributed by atoms with Gasteiger partial charge >= 0.3 is 0 Å². The molecule has 8 heteroatoms. The summed E-state index contributed by atoms with van der Waals surface area (Å²) in [7, 11) is -3.17. The Morgan fingerprint density at radius 2 is 2.00 bits per heavy atom. The van der Waals surface area contributed by atoms with Crippen LogP contribution < -0.4 is 0 Å². The smallest absolute Gasteiger partial charge is 0.216 e. The molecule has 0 N–H and O–H groups in total. The largest absolute Gasteiger partial charge is 0.298 e. The van der Waals surface area contributed by atoms with Gasteiger partial charge in [0.15, 0.2) is 0 Å². The minimum Gasteiger partial charge on any atom is -0.298 e. The molecule has 3 heterocycles. The molecule has 0 radical (unpaired) electrons. The highest BCUT2D eigenvalue weighted by atomic mass is 32.2. The van der Waals surface area contributed by atoms with Crippen LogP contribution in [0, 0.1) is 0 Å². The first-order valence-electron chi connectivity index (χ1n) is 9.19. The Bertz CT molecular complexity index is 624. The number of aryl methyl sites for hydroxylation is 1. The summed E-state index contributed by atoms with van der Waals surface area (Å²) in [6, 6.07) is 0.140. The highest BCUT2D eigenvalue weighted by Crippen LogP contribution is 2.23. The van der Waals surface area contributed by atoms with Gasteiger partial charge in [-0.3, -0.25) is 9.58 Å². The van der Waals surface area contributed by atoms with Crippen LogP contribution in [0.1, 0.15) is 51.1 Å². The van der Waals surface area contributed by atoms with Crippen molar-refractivity contribution in [2.24, 2.45) is 0 Å². The van der Waals surface area contributed by atoms with Crippen LogP contribution in [0.4, 0.5) is 0 Å². The second kappa shape index (κ2) is 7.93. The molecule has 1 aromatic heterocycles. The minimum atomic E-state index is -3.17. The molecule has 1 unspecified atom stereocenters. The number of hydrogen-bond donors (Lipinski definition) is 0. The SMILES string of the molecule is CCCCCCn1cc(CN2CC(N3CCCC3)CS2(=O)=O)nn1. The molecular formula is C16H29N5O2S. The lowest BCUT2D eigenvalue weighted by Crippen LogP contribution is -2.36. The number of hydrogen-bond acceptors (Lipinski definition) is 5. The molecule has 0 amide bonds. The Morgan fingerprint density at radius 3 is 2.75 bits per heavy atom. The highest BCUT2D eigenvalue weighted by Gasteiger charge is 2.39. The summed E-state index contributed by atoms with van der Waals surface area (Å²) in [4.78, 5) is 2.32. The summed E-state index contributed by atoms with van der Waals surface area (Å²) in [5, 5.41) is 8.29. The molecule has 24 heavy (non-hydrogen) atoms. The van der Waals surface area contributed by atoms with Crippen molar-refractivity contribution >= 4 is 10.0 Å². The van der Waals surface area contributed by atoms with Crippen LogP contribution in [0.5, 0.6) is 0 Å². The van der Waals surface area contributed by atoms with E-state index in [2.05, 4.69) is 22.1 Å². The van der Waals surface area contributed by atoms with Crippen LogP contribution in [-0.2, 0) is 23.1 Å². The summed E-state index contributed by atoms with van der Waals surface area (Å²) < 4.78 is 28.3. The fourth-order valence-electron chi connectivity index (χ4n) is 3.64. The first-order chi connectivity index (χ1) is 11.6. The van der Waals surface area contributed by atoms with Crippen molar-refractivity contribution in [3.63, 3.8) is 0 Å². The molecule has 1 atom stereocenters. The molecule has 2 saturated heterocycles. The van der Waals surface area contributed by atoms with Gasteiger partial charge in [-0.1, -0.05) is 31.4 Å². The highest BCUT2D eigenvalue weighted by molar-refractivity contribution is 7.89. The zero-order valence-electron chi connectivity index (χ0n) is 14.6. The van der Waals surface area contributed by atoms with Crippen LogP contribution >= 0.6 is 0 Å². The van der Waals surface area contributed by atoms with E-state index in [9.17, 15) is 8.42 Å². The third-order valence-electron chi connectivity index (χ3n) is 5.03. The number of likely N-dealkylation sites (tertiary alicyclic amines) is 1. The van der Waals surface area contributed by atoms with E-state index in [4.69, 9.17) is 0 Å². The number of unbranched alkanes of at least 4 members (excludes halogenated alkanes) is 3. The van der Waals surface area contributed by atoms with Crippen molar-refractivity contribution in [3.8, 4) is 0 Å². The van der Waals surface area contributed by atoms with Crippen molar-refractivity contribution in [2.45, 2.75) is 64.6 Å². The van der Waals surface area contributed by atoms with E-state index < -0.39 is 10.0 Å². The van der Waals surface area contributed by atoms with Gasteiger partial charge in [-0.05, 0) is 32.4 Å². The van der Waals surface area contributed by atoms with Gasteiger partial charge in [0.25, 0.3) is 0 Å². The number of nitrogens with zero attached hydrogens (tertiary/aromatic N) is 5. The van der Waals surface area contributed by atoms with Gasteiger partial charge in [0.05, 0.1) is 18.0 Å². The summed E-state index contributed by atoms with van der Waals surface area (Å²) in [5.41, 5.74) is 0.746. The number of sulfonamides is 1. The van der Waals surface area contributed by atoms with Crippen molar-refractivity contribution in [3.05, 3.63) is 11.9 Å². The van der Waals surface area contributed by atoms with Crippen LogP contribution in [0.2, 0.25) is 0 Å². The molecule has 2 aliphatic heterocycles. The maximum Gasteiger partial charge on any atom is 0.216 e. The number of rotatable bonds is 8. The molecule has 3 rings (SSSR count). The van der Waals surface area contributed by atoms with Gasteiger partial charge in [0, 0.05) is 25.3 Å². The van der Waals surface area contributed by atoms with Crippen molar-refractivity contribution in [2.75, 3.05) is 25.4 Å². The maximum absolute atomic E-state index is 12.4. The summed E-state index contributed by atoms with van der Waals surface area (Å²) >= 11 is 0. The van der Waals surface area contributed by atoms with E-state index in [1.54, 1.807) is 4.31 Å². The topological polar surface area (TPSA) is 71.3 Å². The van der Waals surface area contributed by atoms with Crippen LogP contribution in [0.3, 0.4) is 0 Å². The summed E-state index contributed by atoms with van der Waals surface area (Å²) in [5.74, 6) is 0.248. The Morgan fingerprint density at radius 1 is 1.21 bits per heavy atom. The Labute approximate surface area is 145 Å². The molecule has 0 aromatic carbocycles. The second-order valence-corrected chi connectivity index (χ2v) is 9.02. The first kappa shape index (κ1) is 17.8. The maximum atomic E-state index is 12.4. The zero-order chi connectivity index (χ0) is 17.0. The van der Waals surface area contributed by atoms with Crippen LogP contribution in [0.15, 0.2) is 6.20 Å². The molecule has 0 aliphatic carbocycles. The molecule has 2 fully saturated rings. The van der Waals surface area contributed by atoms with E-state index in [1.807, 2.05) is 10.9 Å². The number of aromatic nitrogens is 3. The van der Waals surface area contributed by atoms with E-state index >= 15 is 0 Å². The molecule has 0 spiro atoms. The average molecular weight is 356 g/mol. The molecule has 2 aliphatic rings. The third kappa shape index (κ3) is 4.34. The second-order valence-electron chi connectivity index (χ2n) is 7.00. The van der Waals surface area contributed by atoms with Gasteiger partial charge in [-0.25, -0.2) is 8.42 Å². The lowest BCUT2D eigenvalue weighted by atomic mass is 10.2. The monoisotopic (exact) mass is 355 g/mol. The molecule has 0 bridgehead atoms. The van der Waals surface area contributed by atoms with E-state index in [0.717, 1.165) is 31.7 Å². The van der Waals surface area contributed by atoms with E-state index in [-0.39, 0.29) is 11.8 Å². The Balaban J connectivity index is 1.54. The minimum absolute atomic E-state index is 0.140. The Hall–Kier alpha value is -0.990. The summed E-state index contributed by atoms with van der Waals surface area (Å²) in [6.45, 7) is 6.05. The lowest BCUT2D eigenvalue weighted by Gasteiger charge is -2.21. The van der Waals surface area contributed by atoms with Crippen molar-refractivity contribution in [1.82, 2.24) is 24.2 Å². The molecule has 1 aromatic rings. The van der Waals surface area contributed by atoms with E-state index in [0.29, 0.717) is 13.1 Å². The van der Waals surface area contributed by atoms with Crippen LogP contribution in [0.25, 0.3) is 0 Å². The van der Waals surface area contributed by atoms with Crippen molar-refractivity contribution in [1.29, 1.82) is 0 Å². The van der Waals surface area contributed by atoms with Gasteiger partial charge in [0.2, 0.25) is 10.0 Å². The predicted octanol–water partition coefficient (Wildman–Crippen LogP) is 1.47. The van der Waals surface area contributed by atoms with E-state index in [1.165, 1.54) is 32.1 Å². The quantitative estimate of drug-likeness (QED) is 0.660. The van der Waals surface area contributed by atoms with Gasteiger partial charge in [-0.2, -0.15) is 4.31 Å². The van der Waals surface area contributed by atoms with Gasteiger partial charge < -0.3 is 0 Å². The molecule has 7 nitrogen and oxygen atoms in total. The fraction of sp³-hybridized carbons (Fsp3) is 0.875. The lowest BCUT2D eigenvalue weighted by molar-refractivity contribution is 0.241. The first-order valence-corrected chi connectivity index (χ1v) is 10.8.